The molecule has 1 aromatic rings. The summed E-state index contributed by atoms with van der Waals surface area (Å²) in [4.78, 5) is 0. The summed E-state index contributed by atoms with van der Waals surface area (Å²) < 4.78 is 16.7. The Morgan fingerprint density at radius 3 is 2.65 bits per heavy atom. The Hall–Kier alpha value is -1.34. The Balaban J connectivity index is 1.82. The number of hydrogen-bond donors (Lipinski definition) is 0. The maximum atomic E-state index is 6.30. The molecule has 1 aliphatic carbocycles. The van der Waals surface area contributed by atoms with Gasteiger partial charge in [-0.1, -0.05) is 31.3 Å². The highest BCUT2D eigenvalue weighted by molar-refractivity contribution is 5.40. The molecule has 0 spiro atoms. The van der Waals surface area contributed by atoms with Crippen LogP contribution in [0.3, 0.4) is 0 Å². The Bertz CT molecular complexity index is 593. The van der Waals surface area contributed by atoms with Crippen molar-refractivity contribution in [3.05, 3.63) is 34.9 Å². The smallest absolute Gasteiger partial charge is 0.107 e. The number of benzene rings is 1. The van der Waals surface area contributed by atoms with E-state index in [2.05, 4.69) is 43.9 Å². The lowest BCUT2D eigenvalue weighted by Gasteiger charge is -2.36. The molecule has 0 aliphatic heterocycles. The molecule has 0 N–H and O–H groups in total. The van der Waals surface area contributed by atoms with Crippen LogP contribution in [-0.2, 0) is 20.6 Å². The summed E-state index contributed by atoms with van der Waals surface area (Å²) in [6, 6.07) is 6.49. The van der Waals surface area contributed by atoms with E-state index in [0.717, 1.165) is 44.1 Å². The van der Waals surface area contributed by atoms with Crippen molar-refractivity contribution in [2.75, 3.05) is 20.8 Å². The van der Waals surface area contributed by atoms with Crippen molar-refractivity contribution in [2.45, 2.75) is 77.1 Å². The van der Waals surface area contributed by atoms with Crippen LogP contribution in [0.15, 0.2) is 18.2 Å². The lowest BCUT2D eigenvalue weighted by atomic mass is 9.91. The molecule has 26 heavy (non-hydrogen) atoms. The van der Waals surface area contributed by atoms with Crippen molar-refractivity contribution in [2.24, 2.45) is 0 Å². The van der Waals surface area contributed by atoms with Crippen LogP contribution in [0.1, 0.15) is 62.1 Å². The fraction of sp³-hybridized carbons (Fsp3) is 0.652. The molecule has 2 rings (SSSR count). The van der Waals surface area contributed by atoms with Crippen molar-refractivity contribution in [1.29, 1.82) is 0 Å². The van der Waals surface area contributed by atoms with Gasteiger partial charge < -0.3 is 14.2 Å². The second-order valence-corrected chi connectivity index (χ2v) is 7.27. The molecule has 1 saturated carbocycles. The highest BCUT2D eigenvalue weighted by Crippen LogP contribution is 2.29. The zero-order chi connectivity index (χ0) is 18.8. The van der Waals surface area contributed by atoms with Gasteiger partial charge in [-0.2, -0.15) is 0 Å². The van der Waals surface area contributed by atoms with E-state index in [1.807, 2.05) is 0 Å². The van der Waals surface area contributed by atoms with Gasteiger partial charge in [0.25, 0.3) is 0 Å². The van der Waals surface area contributed by atoms with Gasteiger partial charge in [-0.3, -0.25) is 0 Å². The van der Waals surface area contributed by atoms with E-state index >= 15 is 0 Å². The summed E-state index contributed by atoms with van der Waals surface area (Å²) in [5.41, 5.74) is 3.81. The number of ether oxygens (including phenoxy) is 3. The molecule has 3 nitrogen and oxygen atoms in total. The van der Waals surface area contributed by atoms with Gasteiger partial charge in [0, 0.05) is 19.8 Å². The number of hydrogen-bond acceptors (Lipinski definition) is 3. The minimum Gasteiger partial charge on any atom is -0.381 e. The summed E-state index contributed by atoms with van der Waals surface area (Å²) in [7, 11) is 3.46. The normalized spacial score (nSPS) is 20.2. The molecule has 0 aromatic heterocycles. The van der Waals surface area contributed by atoms with E-state index in [4.69, 9.17) is 14.2 Å². The third-order valence-corrected chi connectivity index (χ3v) is 5.15. The molecule has 144 valence electrons. The zero-order valence-electron chi connectivity index (χ0n) is 16.8. The van der Waals surface area contributed by atoms with E-state index in [-0.39, 0.29) is 0 Å². The van der Waals surface area contributed by atoms with Gasteiger partial charge in [0.1, 0.15) is 6.61 Å². The first kappa shape index (κ1) is 21.0. The fourth-order valence-corrected chi connectivity index (χ4v) is 3.44. The lowest BCUT2D eigenvalue weighted by molar-refractivity contribution is -0.118. The Morgan fingerprint density at radius 1 is 1.15 bits per heavy atom. The maximum Gasteiger partial charge on any atom is 0.107 e. The van der Waals surface area contributed by atoms with Crippen LogP contribution in [0.5, 0.6) is 0 Å². The molecule has 0 saturated heterocycles. The van der Waals surface area contributed by atoms with Crippen LogP contribution < -0.4 is 0 Å². The van der Waals surface area contributed by atoms with Crippen molar-refractivity contribution < 1.29 is 14.2 Å². The molecule has 0 radical (unpaired) electrons. The number of aryl methyl sites for hydroxylation is 2. The van der Waals surface area contributed by atoms with Crippen molar-refractivity contribution >= 4 is 0 Å². The van der Waals surface area contributed by atoms with E-state index in [1.165, 1.54) is 17.5 Å². The third-order valence-electron chi connectivity index (χ3n) is 5.15. The summed E-state index contributed by atoms with van der Waals surface area (Å²) in [5.74, 6) is 6.20. The van der Waals surface area contributed by atoms with E-state index in [9.17, 15) is 0 Å². The molecule has 1 unspecified atom stereocenters. The molecule has 1 fully saturated rings. The van der Waals surface area contributed by atoms with E-state index in [0.29, 0.717) is 24.9 Å². The van der Waals surface area contributed by atoms with Crippen molar-refractivity contribution in [3.63, 3.8) is 0 Å². The molecule has 1 atom stereocenters. The number of rotatable bonds is 10. The molecular weight excluding hydrogens is 324 g/mol. The van der Waals surface area contributed by atoms with Crippen LogP contribution in [0.2, 0.25) is 0 Å². The van der Waals surface area contributed by atoms with Crippen LogP contribution >= 0.6 is 0 Å². The zero-order valence-corrected chi connectivity index (χ0v) is 16.8. The largest absolute Gasteiger partial charge is 0.381 e. The second kappa shape index (κ2) is 11.4. The van der Waals surface area contributed by atoms with Crippen LogP contribution in [0, 0.1) is 18.8 Å². The monoisotopic (exact) mass is 358 g/mol. The topological polar surface area (TPSA) is 27.7 Å². The fourth-order valence-electron chi connectivity index (χ4n) is 3.44. The molecule has 0 bridgehead atoms. The summed E-state index contributed by atoms with van der Waals surface area (Å²) in [5, 5.41) is 0. The molecule has 1 aromatic carbocycles. The van der Waals surface area contributed by atoms with Gasteiger partial charge in [-0.25, -0.2) is 0 Å². The van der Waals surface area contributed by atoms with Crippen LogP contribution in [0.25, 0.3) is 0 Å². The minimum absolute atomic E-state index is 0.382. The first-order chi connectivity index (χ1) is 12.7. The molecule has 3 heteroatoms. The van der Waals surface area contributed by atoms with Crippen LogP contribution in [-0.4, -0.2) is 39.1 Å². The molecular formula is C23H34O3. The highest BCUT2D eigenvalue weighted by atomic mass is 16.5. The van der Waals surface area contributed by atoms with Gasteiger partial charge >= 0.3 is 0 Å². The van der Waals surface area contributed by atoms with Gasteiger partial charge in [-0.05, 0) is 68.7 Å². The molecule has 1 aliphatic rings. The third kappa shape index (κ3) is 6.76. The van der Waals surface area contributed by atoms with Gasteiger partial charge in [0.05, 0.1) is 18.3 Å². The van der Waals surface area contributed by atoms with Crippen molar-refractivity contribution in [3.8, 4) is 11.8 Å². The average molecular weight is 359 g/mol. The predicted molar refractivity (Wildman–Crippen MR) is 106 cm³/mol. The minimum atomic E-state index is 0.382. The second-order valence-electron chi connectivity index (χ2n) is 7.27. The quantitative estimate of drug-likeness (QED) is 0.569. The maximum absolute atomic E-state index is 6.30. The highest BCUT2D eigenvalue weighted by Gasteiger charge is 2.31. The van der Waals surface area contributed by atoms with Crippen LogP contribution in [0.4, 0.5) is 0 Å². The first-order valence-electron chi connectivity index (χ1n) is 9.91. The summed E-state index contributed by atoms with van der Waals surface area (Å²) in [6.45, 7) is 4.90. The molecule has 0 heterocycles. The SMILES string of the molecule is CCCC(CCCc1cc(C#CCOC)ccc1C)OC1CC(OC)C1. The van der Waals surface area contributed by atoms with E-state index in [1.54, 1.807) is 14.2 Å². The van der Waals surface area contributed by atoms with Crippen molar-refractivity contribution in [1.82, 2.24) is 0 Å². The number of methoxy groups -OCH3 is 2. The van der Waals surface area contributed by atoms with Gasteiger partial charge in [-0.15, -0.1) is 0 Å². The standard InChI is InChI=1S/C23H34O3/c1-5-8-21(26-23-16-22(17-23)25-4)11-6-10-20-15-19(9-7-14-24-3)13-12-18(20)2/h12-13,15,21-23H,5-6,8,10-11,14,16-17H2,1-4H3. The van der Waals surface area contributed by atoms with Gasteiger partial charge in [0.15, 0.2) is 0 Å². The van der Waals surface area contributed by atoms with E-state index < -0.39 is 0 Å². The Kier molecular flexibility index (Phi) is 9.18. The van der Waals surface area contributed by atoms with Gasteiger partial charge in [0.2, 0.25) is 0 Å². The molecule has 0 amide bonds. The lowest BCUT2D eigenvalue weighted by Crippen LogP contribution is -2.39. The Labute approximate surface area is 159 Å². The predicted octanol–water partition coefficient (Wildman–Crippen LogP) is 4.68. The average Bonchev–Trinajstić information content (AvgIpc) is 2.60. The Morgan fingerprint density at radius 2 is 1.96 bits per heavy atom. The summed E-state index contributed by atoms with van der Waals surface area (Å²) in [6.07, 6.45) is 8.99. The summed E-state index contributed by atoms with van der Waals surface area (Å²) >= 11 is 0. The first-order valence-corrected chi connectivity index (χ1v) is 9.91.